The number of nitrogens with one attached hydrogen (secondary N) is 1. The number of piperazine rings is 1. The molecule has 35 heavy (non-hydrogen) atoms. The van der Waals surface area contributed by atoms with Gasteiger partial charge in [0.2, 0.25) is 5.91 Å². The number of pyridine rings is 1. The van der Waals surface area contributed by atoms with Gasteiger partial charge in [0.25, 0.3) is 0 Å². The summed E-state index contributed by atoms with van der Waals surface area (Å²) in [6, 6.07) is 1.95. The van der Waals surface area contributed by atoms with Crippen molar-refractivity contribution in [2.45, 2.75) is 77.3 Å². The van der Waals surface area contributed by atoms with Crippen molar-refractivity contribution in [3.63, 3.8) is 0 Å². The van der Waals surface area contributed by atoms with Crippen LogP contribution in [0, 0.1) is 5.41 Å². The smallest absolute Gasteiger partial charge is 0.416 e. The van der Waals surface area contributed by atoms with Crippen LogP contribution >= 0.6 is 0 Å². The van der Waals surface area contributed by atoms with Crippen molar-refractivity contribution in [2.24, 2.45) is 5.41 Å². The van der Waals surface area contributed by atoms with Crippen LogP contribution in [0.15, 0.2) is 18.3 Å². The Bertz CT molecular complexity index is 913. The summed E-state index contributed by atoms with van der Waals surface area (Å²) in [5.74, 6) is 0.0141. The van der Waals surface area contributed by atoms with Crippen molar-refractivity contribution in [2.75, 3.05) is 31.1 Å². The van der Waals surface area contributed by atoms with Gasteiger partial charge in [-0.1, -0.05) is 6.92 Å². The van der Waals surface area contributed by atoms with E-state index in [0.717, 1.165) is 18.3 Å². The standard InChI is InChI=1S/C24H35F3N4O4/c1-5-18(32)23(8-6-17(15-23)35-21(34)29-22(2,3)4)20(33)31-12-10-30(11-13-31)19-14-16(7-9-28-19)24(25,26)27/h7,9,14,17-18,32H,5-6,8,10-13,15H2,1-4H3,(H,29,34). The fraction of sp³-hybridized carbons (Fsp3) is 0.708. The number of hydrogen-bond acceptors (Lipinski definition) is 6. The lowest BCUT2D eigenvalue weighted by Gasteiger charge is -2.41. The Labute approximate surface area is 203 Å². The monoisotopic (exact) mass is 500 g/mol. The first kappa shape index (κ1) is 27.0. The summed E-state index contributed by atoms with van der Waals surface area (Å²) in [5.41, 5.74) is -2.28. The van der Waals surface area contributed by atoms with Crippen LogP contribution in [0.5, 0.6) is 0 Å². The second kappa shape index (κ2) is 10.2. The number of rotatable bonds is 5. The van der Waals surface area contributed by atoms with E-state index >= 15 is 0 Å². The lowest BCUT2D eigenvalue weighted by atomic mass is 9.77. The number of carbonyl (C=O) groups excluding carboxylic acids is 2. The lowest BCUT2D eigenvalue weighted by Crippen LogP contribution is -2.56. The topological polar surface area (TPSA) is 95.0 Å². The Hall–Kier alpha value is -2.56. The molecule has 1 aromatic rings. The highest BCUT2D eigenvalue weighted by atomic mass is 19.4. The molecule has 11 heteroatoms. The van der Waals surface area contributed by atoms with Gasteiger partial charge in [-0.25, -0.2) is 9.78 Å². The predicted molar refractivity (Wildman–Crippen MR) is 124 cm³/mol. The largest absolute Gasteiger partial charge is 0.446 e. The number of alkyl halides is 3. The van der Waals surface area contributed by atoms with E-state index in [1.54, 1.807) is 16.7 Å². The highest BCUT2D eigenvalue weighted by Gasteiger charge is 2.52. The Kier molecular flexibility index (Phi) is 7.88. The molecule has 8 nitrogen and oxygen atoms in total. The van der Waals surface area contributed by atoms with Crippen LogP contribution in [-0.2, 0) is 15.7 Å². The molecule has 1 aromatic heterocycles. The van der Waals surface area contributed by atoms with Gasteiger partial charge in [-0.05, 0) is 52.2 Å². The fourth-order valence-corrected chi connectivity index (χ4v) is 4.87. The molecule has 2 fully saturated rings. The molecule has 1 saturated carbocycles. The highest BCUT2D eigenvalue weighted by molar-refractivity contribution is 5.84. The summed E-state index contributed by atoms with van der Waals surface area (Å²) in [5, 5.41) is 13.6. The van der Waals surface area contributed by atoms with Gasteiger partial charge in [-0.2, -0.15) is 13.2 Å². The van der Waals surface area contributed by atoms with E-state index in [2.05, 4.69) is 10.3 Å². The van der Waals surface area contributed by atoms with E-state index in [1.165, 1.54) is 0 Å². The maximum Gasteiger partial charge on any atom is 0.416 e. The molecule has 3 atom stereocenters. The summed E-state index contributed by atoms with van der Waals surface area (Å²) in [4.78, 5) is 33.3. The number of alkyl carbamates (subject to hydrolysis) is 1. The van der Waals surface area contributed by atoms with Crippen molar-refractivity contribution in [3.05, 3.63) is 23.9 Å². The summed E-state index contributed by atoms with van der Waals surface area (Å²) < 4.78 is 44.7. The van der Waals surface area contributed by atoms with Crippen LogP contribution in [0.4, 0.5) is 23.8 Å². The summed E-state index contributed by atoms with van der Waals surface area (Å²) >= 11 is 0. The Morgan fingerprint density at radius 3 is 2.49 bits per heavy atom. The quantitative estimate of drug-likeness (QED) is 0.642. The number of aliphatic hydroxyl groups is 1. The van der Waals surface area contributed by atoms with Gasteiger partial charge in [0.05, 0.1) is 17.1 Å². The molecule has 2 aliphatic rings. The van der Waals surface area contributed by atoms with Crippen LogP contribution in [0.3, 0.4) is 0 Å². The normalized spacial score (nSPS) is 24.3. The van der Waals surface area contributed by atoms with Crippen molar-refractivity contribution < 1.29 is 32.6 Å². The third-order valence-electron chi connectivity index (χ3n) is 6.67. The molecule has 0 aromatic carbocycles. The van der Waals surface area contributed by atoms with Crippen LogP contribution in [0.2, 0.25) is 0 Å². The fourth-order valence-electron chi connectivity index (χ4n) is 4.87. The van der Waals surface area contributed by atoms with E-state index in [0.29, 0.717) is 45.4 Å². The first-order valence-electron chi connectivity index (χ1n) is 12.0. The molecule has 1 aliphatic carbocycles. The van der Waals surface area contributed by atoms with Gasteiger partial charge < -0.3 is 25.0 Å². The third-order valence-corrected chi connectivity index (χ3v) is 6.67. The van der Waals surface area contributed by atoms with Crippen LogP contribution < -0.4 is 10.2 Å². The second-order valence-electron chi connectivity index (χ2n) is 10.4. The number of aliphatic hydroxyl groups excluding tert-OH is 1. The van der Waals surface area contributed by atoms with Crippen molar-refractivity contribution in [1.82, 2.24) is 15.2 Å². The third kappa shape index (κ3) is 6.36. The molecule has 0 bridgehead atoms. The second-order valence-corrected chi connectivity index (χ2v) is 10.4. The van der Waals surface area contributed by atoms with E-state index in [9.17, 15) is 27.9 Å². The molecule has 2 N–H and O–H groups in total. The molecular weight excluding hydrogens is 465 g/mol. The SMILES string of the molecule is CCC(O)C1(C(=O)N2CCN(c3cc(C(F)(F)F)ccn3)CC2)CCC(OC(=O)NC(C)(C)C)C1. The Balaban J connectivity index is 1.66. The average molecular weight is 501 g/mol. The van der Waals surface area contributed by atoms with E-state index in [1.807, 2.05) is 20.8 Å². The Morgan fingerprint density at radius 1 is 1.26 bits per heavy atom. The molecule has 1 saturated heterocycles. The lowest BCUT2D eigenvalue weighted by molar-refractivity contribution is -0.150. The zero-order chi connectivity index (χ0) is 26.0. The first-order chi connectivity index (χ1) is 16.2. The number of aromatic nitrogens is 1. The zero-order valence-corrected chi connectivity index (χ0v) is 20.7. The number of amides is 2. The molecule has 3 unspecified atom stereocenters. The number of anilines is 1. The minimum absolute atomic E-state index is 0.203. The number of hydrogen-bond donors (Lipinski definition) is 2. The Morgan fingerprint density at radius 2 is 1.91 bits per heavy atom. The van der Waals surface area contributed by atoms with Crippen molar-refractivity contribution in [3.8, 4) is 0 Å². The molecule has 196 valence electrons. The number of carbonyl (C=O) groups is 2. The maximum atomic E-state index is 13.6. The average Bonchev–Trinajstić information content (AvgIpc) is 3.21. The molecule has 3 rings (SSSR count). The molecule has 2 heterocycles. The molecule has 0 spiro atoms. The molecule has 1 aliphatic heterocycles. The van der Waals surface area contributed by atoms with Gasteiger partial charge >= 0.3 is 12.3 Å². The summed E-state index contributed by atoms with van der Waals surface area (Å²) in [6.07, 6.45) is -3.79. The van der Waals surface area contributed by atoms with Gasteiger partial charge in [-0.15, -0.1) is 0 Å². The predicted octanol–water partition coefficient (Wildman–Crippen LogP) is 3.58. The first-order valence-corrected chi connectivity index (χ1v) is 12.0. The molecule has 0 radical (unpaired) electrons. The van der Waals surface area contributed by atoms with Crippen LogP contribution in [0.1, 0.15) is 58.9 Å². The van der Waals surface area contributed by atoms with E-state index in [4.69, 9.17) is 4.74 Å². The minimum Gasteiger partial charge on any atom is -0.446 e. The van der Waals surface area contributed by atoms with Crippen molar-refractivity contribution >= 4 is 17.8 Å². The van der Waals surface area contributed by atoms with E-state index < -0.39 is 41.0 Å². The zero-order valence-electron chi connectivity index (χ0n) is 20.7. The van der Waals surface area contributed by atoms with Gasteiger partial charge in [-0.3, -0.25) is 4.79 Å². The van der Waals surface area contributed by atoms with Crippen LogP contribution in [-0.4, -0.2) is 70.9 Å². The van der Waals surface area contributed by atoms with Crippen LogP contribution in [0.25, 0.3) is 0 Å². The van der Waals surface area contributed by atoms with Crippen molar-refractivity contribution in [1.29, 1.82) is 0 Å². The summed E-state index contributed by atoms with van der Waals surface area (Å²) in [7, 11) is 0. The maximum absolute atomic E-state index is 13.6. The van der Waals surface area contributed by atoms with Gasteiger partial charge in [0, 0.05) is 44.3 Å². The van der Waals surface area contributed by atoms with Gasteiger partial charge in [0.15, 0.2) is 0 Å². The summed E-state index contributed by atoms with van der Waals surface area (Å²) in [6.45, 7) is 8.57. The van der Waals surface area contributed by atoms with Gasteiger partial charge in [0.1, 0.15) is 11.9 Å². The highest BCUT2D eigenvalue weighted by Crippen LogP contribution is 2.45. The number of halogens is 3. The number of nitrogens with zero attached hydrogens (tertiary/aromatic N) is 3. The molecule has 2 amide bonds. The minimum atomic E-state index is -4.46. The number of ether oxygens (including phenoxy) is 1. The van der Waals surface area contributed by atoms with E-state index in [-0.39, 0.29) is 18.1 Å². The molecular formula is C24H35F3N4O4.